The number of hydrogen-bond acceptors (Lipinski definition) is 14. The van der Waals surface area contributed by atoms with Crippen LogP contribution in [0.2, 0.25) is 0 Å². The number of rotatable bonds is 11. The SMILES string of the molecule is CO.Cc1ccc(COC=O)cc1.O.O=CC12C=CC(C=O)(CC1)O2.O=Cc1ccc(C=O)cc1.O=Cc1ccc(C=O)cc1.O=Cc1ccc(C=O)o1.O=[OH+].[C+]#C.[HH].[HH]. The molecule has 0 amide bonds. The van der Waals surface area contributed by atoms with E-state index in [0.717, 1.165) is 50.4 Å². The summed E-state index contributed by atoms with van der Waals surface area (Å²) in [5.41, 5.74) is 3.02. The van der Waals surface area contributed by atoms with Crippen LogP contribution in [0.25, 0.3) is 0 Å². The Morgan fingerprint density at radius 2 is 0.948 bits per heavy atom. The normalized spacial score (nSPS) is 15.2. The van der Waals surface area contributed by atoms with Crippen LogP contribution >= 0.6 is 0 Å². The van der Waals surface area contributed by atoms with E-state index in [1.807, 2.05) is 31.2 Å². The molecule has 1 fully saturated rings. The Hall–Kier alpha value is -7.23. The number of fused-ring (bicyclic) bond motifs is 2. The summed E-state index contributed by atoms with van der Waals surface area (Å²) >= 11 is 0. The zero-order valence-electron chi connectivity index (χ0n) is 31.3. The minimum Gasteiger partial charge on any atom is 0 e. The van der Waals surface area contributed by atoms with E-state index in [4.69, 9.17) is 26.2 Å². The molecule has 4 aromatic rings. The zero-order valence-corrected chi connectivity index (χ0v) is 31.3. The van der Waals surface area contributed by atoms with Crippen LogP contribution in [-0.2, 0) is 30.5 Å². The molecule has 2 aliphatic rings. The van der Waals surface area contributed by atoms with Gasteiger partial charge in [0.2, 0.25) is 4.96 Å². The minimum atomic E-state index is -0.777. The number of carbonyl (C=O) groups is 9. The van der Waals surface area contributed by atoms with Crippen LogP contribution in [0.15, 0.2) is 101 Å². The third-order valence-electron chi connectivity index (χ3n) is 7.07. The molecule has 308 valence electrons. The summed E-state index contributed by atoms with van der Waals surface area (Å²) in [6.07, 6.45) is 19.2. The van der Waals surface area contributed by atoms with E-state index in [1.165, 1.54) is 17.7 Å². The number of furan rings is 1. The number of aldehydes is 8. The monoisotopic (exact) mass is 806 g/mol. The first kappa shape index (κ1) is 55.1. The molecule has 16 heteroatoms. The molecule has 2 bridgehead atoms. The van der Waals surface area contributed by atoms with Crippen molar-refractivity contribution in [3.63, 3.8) is 0 Å². The van der Waals surface area contributed by atoms with Gasteiger partial charge in [0.05, 0.1) is 0 Å². The van der Waals surface area contributed by atoms with Crippen LogP contribution in [0, 0.1) is 24.7 Å². The van der Waals surface area contributed by atoms with Gasteiger partial charge in [-0.2, -0.15) is 0 Å². The molecule has 0 aliphatic carbocycles. The maximum Gasteiger partial charge on any atom is 0 e. The zero-order chi connectivity index (χ0) is 43.5. The van der Waals surface area contributed by atoms with Crippen molar-refractivity contribution in [2.45, 2.75) is 37.6 Å². The molecule has 1 saturated heterocycles. The second-order valence-corrected chi connectivity index (χ2v) is 10.8. The number of aliphatic hydroxyl groups excluding tert-OH is 1. The predicted molar refractivity (Wildman–Crippen MR) is 212 cm³/mol. The first-order valence-electron chi connectivity index (χ1n) is 16.0. The maximum atomic E-state index is 10.6. The summed E-state index contributed by atoms with van der Waals surface area (Å²) in [7, 11) is 1.00. The molecule has 1 aromatic heterocycles. The van der Waals surface area contributed by atoms with Gasteiger partial charge in [0.1, 0.15) is 43.0 Å². The molecule has 0 spiro atoms. The molecule has 2 aliphatic heterocycles. The topological polar surface area (TPSA) is 275 Å². The standard InChI is InChI=1S/C9H10O2.C8H8O3.2C8H6O2.C6H4O3.C2H.CH4O.O2.H2O.2H2/c1-8-2-4-9(5-3-8)6-11-7-10;9-5-7-1-2-8(6-10,11-7)4-3-7;2*9-5-7-1-2-8(6-10)4-3-7;7-3-5-1-2-6(4-8)9-5;3*1-2;;;/h2-5,7H,6H2,1H3;1-2,5-6H,3-4H2;2*1-6H;1-4H;1H;2H,1H3;;1H2;2*1H/q;;;;;+1;;;;;/p+1. The molecule has 4 N–H and O–H groups in total. The molecule has 16 nitrogen and oxygen atoms in total. The Kier molecular flexibility index (Phi) is 31.5. The number of terminal acetylenes is 1. The van der Waals surface area contributed by atoms with Crippen molar-refractivity contribution < 1.29 is 75.4 Å². The largest absolute Gasteiger partial charge is 0 e. The van der Waals surface area contributed by atoms with Crippen LogP contribution in [-0.4, -0.2) is 90.6 Å². The summed E-state index contributed by atoms with van der Waals surface area (Å²) in [5.74, 6) is 0.356. The molecule has 3 heterocycles. The van der Waals surface area contributed by atoms with Crippen molar-refractivity contribution >= 4 is 56.8 Å². The van der Waals surface area contributed by atoms with Gasteiger partial charge in [0, 0.05) is 37.2 Å². The first-order chi connectivity index (χ1) is 27.7. The van der Waals surface area contributed by atoms with Crippen LogP contribution < -0.4 is 0 Å². The summed E-state index contributed by atoms with van der Waals surface area (Å²) in [5, 5.41) is 7.00. The summed E-state index contributed by atoms with van der Waals surface area (Å²) in [4.78, 5) is 104. The number of carbonyl (C=O) groups excluding carboxylic acids is 9. The van der Waals surface area contributed by atoms with Crippen molar-refractivity contribution in [3.8, 4) is 6.42 Å². The molecular formula is C42H46O16+2. The average Bonchev–Trinajstić information content (AvgIpc) is 4.04. The molecule has 3 aromatic carbocycles. The maximum absolute atomic E-state index is 10.6. The van der Waals surface area contributed by atoms with E-state index in [-0.39, 0.29) is 19.8 Å². The van der Waals surface area contributed by atoms with Gasteiger partial charge in [0.15, 0.2) is 36.7 Å². The summed E-state index contributed by atoms with van der Waals surface area (Å²) in [6, 6.07) is 23.6. The van der Waals surface area contributed by atoms with Gasteiger partial charge in [-0.25, -0.2) is 0 Å². The fraction of sp³-hybridized carbons (Fsp3) is 0.167. The van der Waals surface area contributed by atoms with Crippen LogP contribution in [0.1, 0.15) is 89.4 Å². The van der Waals surface area contributed by atoms with Gasteiger partial charge < -0.3 is 24.5 Å². The Balaban J connectivity index is -0.000000201. The quantitative estimate of drug-likeness (QED) is 0.0703. The minimum absolute atomic E-state index is 0. The fourth-order valence-electron chi connectivity index (χ4n) is 4.22. The molecule has 0 radical (unpaired) electrons. The second kappa shape index (κ2) is 33.1. The predicted octanol–water partition coefficient (Wildman–Crippen LogP) is 4.78. The third-order valence-corrected chi connectivity index (χ3v) is 7.07. The van der Waals surface area contributed by atoms with Gasteiger partial charge in [-0.15, -0.1) is 0 Å². The molecule has 2 unspecified atom stereocenters. The van der Waals surface area contributed by atoms with E-state index in [1.54, 1.807) is 60.7 Å². The van der Waals surface area contributed by atoms with Gasteiger partial charge in [-0.3, -0.25) is 43.2 Å². The number of ether oxygens (including phenoxy) is 2. The van der Waals surface area contributed by atoms with Crippen LogP contribution in [0.5, 0.6) is 0 Å². The number of aryl methyl sites for hydroxylation is 1. The average molecular weight is 807 g/mol. The van der Waals surface area contributed by atoms with Crippen molar-refractivity contribution in [2.24, 2.45) is 0 Å². The van der Waals surface area contributed by atoms with Gasteiger partial charge in [-0.1, -0.05) is 78.4 Å². The smallest absolute Gasteiger partial charge is 0 e. The molecule has 2 atom stereocenters. The van der Waals surface area contributed by atoms with Crippen molar-refractivity contribution in [3.05, 3.63) is 153 Å². The third kappa shape index (κ3) is 20.5. The van der Waals surface area contributed by atoms with E-state index < -0.39 is 11.2 Å². The van der Waals surface area contributed by atoms with Crippen molar-refractivity contribution in [2.75, 3.05) is 7.11 Å². The van der Waals surface area contributed by atoms with Crippen molar-refractivity contribution in [1.82, 2.24) is 0 Å². The Morgan fingerprint density at radius 3 is 1.16 bits per heavy atom. The summed E-state index contributed by atoms with van der Waals surface area (Å²) in [6.45, 7) is 2.84. The van der Waals surface area contributed by atoms with E-state index in [2.05, 4.69) is 15.6 Å². The number of aliphatic hydroxyl groups is 1. The summed E-state index contributed by atoms with van der Waals surface area (Å²) < 4.78 is 14.5. The van der Waals surface area contributed by atoms with E-state index >= 15 is 0 Å². The molecule has 0 saturated carbocycles. The molecule has 6 rings (SSSR count). The Bertz CT molecular complexity index is 1720. The number of hydrogen-bond donors (Lipinski definition) is 1. The van der Waals surface area contributed by atoms with E-state index in [0.29, 0.717) is 60.7 Å². The van der Waals surface area contributed by atoms with Crippen molar-refractivity contribution in [1.29, 1.82) is 0 Å². The fourth-order valence-corrected chi connectivity index (χ4v) is 4.22. The number of benzene rings is 3. The second-order valence-electron chi connectivity index (χ2n) is 10.8. The van der Waals surface area contributed by atoms with Gasteiger partial charge in [-0.05, 0) is 49.6 Å². The molecular weight excluding hydrogens is 760 g/mol. The van der Waals surface area contributed by atoms with Crippen LogP contribution in [0.3, 0.4) is 0 Å². The van der Waals surface area contributed by atoms with E-state index in [9.17, 15) is 43.2 Å². The Labute approximate surface area is 336 Å². The first-order valence-corrected chi connectivity index (χ1v) is 16.0. The Morgan fingerprint density at radius 1 is 0.621 bits per heavy atom. The van der Waals surface area contributed by atoms with Gasteiger partial charge in [0.25, 0.3) is 6.47 Å². The van der Waals surface area contributed by atoms with Gasteiger partial charge >= 0.3 is 12.8 Å². The van der Waals surface area contributed by atoms with Crippen LogP contribution in [0.4, 0.5) is 0 Å². The molecule has 58 heavy (non-hydrogen) atoms.